The van der Waals surface area contributed by atoms with Gasteiger partial charge in [-0.2, -0.15) is 0 Å². The number of rotatable bonds is 4. The number of fused-ring (bicyclic) bond motifs is 1. The molecule has 2 unspecified atom stereocenters. The van der Waals surface area contributed by atoms with Gasteiger partial charge in [0.25, 0.3) is 0 Å². The fourth-order valence-electron chi connectivity index (χ4n) is 3.17. The first kappa shape index (κ1) is 14.8. The molecule has 6 heteroatoms. The standard InChI is InChI=1S/C16H21N3O3/c20-12-5-3-4-11(8-12)9-17-15(21)10-19-14-7-2-1-6-13(14)18-16(19)22/h1-2,6-7,11-12,20H,3-5,8-10H2,(H,17,21)(H,18,22). The summed E-state index contributed by atoms with van der Waals surface area (Å²) >= 11 is 0. The van der Waals surface area contributed by atoms with Gasteiger partial charge in [0.15, 0.2) is 0 Å². The zero-order valence-corrected chi connectivity index (χ0v) is 12.4. The average Bonchev–Trinajstić information content (AvgIpc) is 2.81. The monoisotopic (exact) mass is 303 g/mol. The van der Waals surface area contributed by atoms with Crippen LogP contribution in [0.4, 0.5) is 0 Å². The molecule has 1 aromatic carbocycles. The summed E-state index contributed by atoms with van der Waals surface area (Å²) in [6, 6.07) is 7.32. The van der Waals surface area contributed by atoms with Gasteiger partial charge in [-0.15, -0.1) is 0 Å². The quantitative estimate of drug-likeness (QED) is 0.787. The predicted octanol–water partition coefficient (Wildman–Crippen LogP) is 0.997. The highest BCUT2D eigenvalue weighted by Crippen LogP contribution is 2.23. The smallest absolute Gasteiger partial charge is 0.326 e. The Labute approximate surface area is 128 Å². The molecule has 3 rings (SSSR count). The van der Waals surface area contributed by atoms with Crippen LogP contribution < -0.4 is 11.0 Å². The molecule has 6 nitrogen and oxygen atoms in total. The second kappa shape index (κ2) is 6.36. The van der Waals surface area contributed by atoms with Crippen LogP contribution >= 0.6 is 0 Å². The summed E-state index contributed by atoms with van der Waals surface area (Å²) in [7, 11) is 0. The SMILES string of the molecule is O=C(Cn1c(=O)[nH]c2ccccc21)NCC1CCCC(O)C1. The molecule has 1 heterocycles. The Hall–Kier alpha value is -2.08. The lowest BCUT2D eigenvalue weighted by Gasteiger charge is -2.25. The zero-order chi connectivity index (χ0) is 15.5. The van der Waals surface area contributed by atoms with Crippen molar-refractivity contribution in [3.63, 3.8) is 0 Å². The van der Waals surface area contributed by atoms with Gasteiger partial charge in [-0.25, -0.2) is 4.79 Å². The molecule has 0 spiro atoms. The molecule has 1 aliphatic rings. The lowest BCUT2D eigenvalue weighted by Crippen LogP contribution is -2.36. The lowest BCUT2D eigenvalue weighted by atomic mass is 9.87. The highest BCUT2D eigenvalue weighted by atomic mass is 16.3. The number of aromatic amines is 1. The predicted molar refractivity (Wildman–Crippen MR) is 83.5 cm³/mol. The Bertz CT molecular complexity index is 719. The van der Waals surface area contributed by atoms with Gasteiger partial charge in [0.2, 0.25) is 5.91 Å². The molecule has 118 valence electrons. The number of aliphatic hydroxyl groups excluding tert-OH is 1. The number of H-pyrrole nitrogens is 1. The van der Waals surface area contributed by atoms with E-state index in [0.717, 1.165) is 36.7 Å². The molecule has 0 bridgehead atoms. The van der Waals surface area contributed by atoms with E-state index in [9.17, 15) is 14.7 Å². The van der Waals surface area contributed by atoms with E-state index in [4.69, 9.17) is 0 Å². The van der Waals surface area contributed by atoms with Crippen LogP contribution in [-0.2, 0) is 11.3 Å². The number of imidazole rings is 1. The maximum atomic E-state index is 12.1. The third-order valence-electron chi connectivity index (χ3n) is 4.33. The number of aliphatic hydroxyl groups is 1. The number of carbonyl (C=O) groups excluding carboxylic acids is 1. The molecule has 0 saturated heterocycles. The van der Waals surface area contributed by atoms with Gasteiger partial charge in [-0.05, 0) is 37.3 Å². The van der Waals surface area contributed by atoms with Crippen molar-refractivity contribution < 1.29 is 9.90 Å². The van der Waals surface area contributed by atoms with Gasteiger partial charge < -0.3 is 15.4 Å². The lowest BCUT2D eigenvalue weighted by molar-refractivity contribution is -0.122. The van der Waals surface area contributed by atoms with Gasteiger partial charge in [-0.3, -0.25) is 9.36 Å². The largest absolute Gasteiger partial charge is 0.393 e. The van der Waals surface area contributed by atoms with Gasteiger partial charge in [-0.1, -0.05) is 18.6 Å². The van der Waals surface area contributed by atoms with Crippen LogP contribution in [0.25, 0.3) is 11.0 Å². The number of para-hydroxylation sites is 2. The molecular formula is C16H21N3O3. The number of benzene rings is 1. The van der Waals surface area contributed by atoms with E-state index in [1.165, 1.54) is 4.57 Å². The summed E-state index contributed by atoms with van der Waals surface area (Å²) in [5, 5.41) is 12.5. The number of hydrogen-bond acceptors (Lipinski definition) is 3. The van der Waals surface area contributed by atoms with Crippen molar-refractivity contribution >= 4 is 16.9 Å². The summed E-state index contributed by atoms with van der Waals surface area (Å²) in [5.41, 5.74) is 1.19. The maximum absolute atomic E-state index is 12.1. The first-order chi connectivity index (χ1) is 10.6. The summed E-state index contributed by atoms with van der Waals surface area (Å²) in [5.74, 6) is 0.152. The molecule has 3 N–H and O–H groups in total. The van der Waals surface area contributed by atoms with E-state index in [1.807, 2.05) is 24.3 Å². The number of aromatic nitrogens is 2. The number of carbonyl (C=O) groups is 1. The molecule has 1 amide bonds. The fourth-order valence-corrected chi connectivity index (χ4v) is 3.17. The van der Waals surface area contributed by atoms with E-state index in [1.54, 1.807) is 0 Å². The fraction of sp³-hybridized carbons (Fsp3) is 0.500. The second-order valence-corrected chi connectivity index (χ2v) is 6.02. The highest BCUT2D eigenvalue weighted by Gasteiger charge is 2.20. The third kappa shape index (κ3) is 3.22. The van der Waals surface area contributed by atoms with Crippen molar-refractivity contribution in [2.75, 3.05) is 6.54 Å². The van der Waals surface area contributed by atoms with Crippen LogP contribution in [0.2, 0.25) is 0 Å². The van der Waals surface area contributed by atoms with Crippen molar-refractivity contribution in [1.82, 2.24) is 14.9 Å². The normalized spacial score (nSPS) is 21.9. The number of nitrogens with one attached hydrogen (secondary N) is 2. The van der Waals surface area contributed by atoms with Crippen LogP contribution in [0.15, 0.2) is 29.1 Å². The second-order valence-electron chi connectivity index (χ2n) is 6.02. The van der Waals surface area contributed by atoms with Gasteiger partial charge in [0, 0.05) is 6.54 Å². The molecular weight excluding hydrogens is 282 g/mol. The minimum Gasteiger partial charge on any atom is -0.393 e. The van der Waals surface area contributed by atoms with Crippen molar-refractivity contribution in [2.45, 2.75) is 38.3 Å². The summed E-state index contributed by atoms with van der Waals surface area (Å²) in [4.78, 5) is 26.7. The summed E-state index contributed by atoms with van der Waals surface area (Å²) in [6.07, 6.45) is 3.39. The number of nitrogens with zero attached hydrogens (tertiary/aromatic N) is 1. The molecule has 1 aromatic heterocycles. The minimum absolute atomic E-state index is 0.0120. The first-order valence-corrected chi connectivity index (χ1v) is 7.76. The molecule has 1 fully saturated rings. The van der Waals surface area contributed by atoms with E-state index in [0.29, 0.717) is 12.5 Å². The minimum atomic E-state index is -0.274. The average molecular weight is 303 g/mol. The van der Waals surface area contributed by atoms with Crippen LogP contribution in [-0.4, -0.2) is 33.2 Å². The molecule has 2 aromatic rings. The molecule has 2 atom stereocenters. The molecule has 1 aliphatic carbocycles. The van der Waals surface area contributed by atoms with Crippen LogP contribution in [0.5, 0.6) is 0 Å². The molecule has 0 radical (unpaired) electrons. The van der Waals surface area contributed by atoms with Gasteiger partial charge >= 0.3 is 5.69 Å². The molecule has 0 aliphatic heterocycles. The summed E-state index contributed by atoms with van der Waals surface area (Å²) < 4.78 is 1.44. The van der Waals surface area contributed by atoms with Gasteiger partial charge in [0.1, 0.15) is 6.54 Å². The third-order valence-corrected chi connectivity index (χ3v) is 4.33. The Morgan fingerprint density at radius 3 is 3.00 bits per heavy atom. The van der Waals surface area contributed by atoms with E-state index >= 15 is 0 Å². The molecule has 1 saturated carbocycles. The van der Waals surface area contributed by atoms with Crippen LogP contribution in [0.3, 0.4) is 0 Å². The Morgan fingerprint density at radius 1 is 1.36 bits per heavy atom. The Morgan fingerprint density at radius 2 is 2.18 bits per heavy atom. The van der Waals surface area contributed by atoms with E-state index in [2.05, 4.69) is 10.3 Å². The van der Waals surface area contributed by atoms with E-state index < -0.39 is 0 Å². The van der Waals surface area contributed by atoms with Crippen molar-refractivity contribution in [3.05, 3.63) is 34.7 Å². The van der Waals surface area contributed by atoms with Crippen LogP contribution in [0.1, 0.15) is 25.7 Å². The highest BCUT2D eigenvalue weighted by molar-refractivity contribution is 5.80. The van der Waals surface area contributed by atoms with Crippen molar-refractivity contribution in [1.29, 1.82) is 0 Å². The number of hydrogen-bond donors (Lipinski definition) is 3. The summed E-state index contributed by atoms with van der Waals surface area (Å²) in [6.45, 7) is 0.575. The zero-order valence-electron chi connectivity index (χ0n) is 12.4. The topological polar surface area (TPSA) is 87.1 Å². The van der Waals surface area contributed by atoms with Crippen LogP contribution in [0, 0.1) is 5.92 Å². The molecule has 22 heavy (non-hydrogen) atoms. The first-order valence-electron chi connectivity index (χ1n) is 7.76. The van der Waals surface area contributed by atoms with E-state index in [-0.39, 0.29) is 24.2 Å². The van der Waals surface area contributed by atoms with Gasteiger partial charge in [0.05, 0.1) is 17.1 Å². The Kier molecular flexibility index (Phi) is 4.29. The Balaban J connectivity index is 1.61. The number of amides is 1. The maximum Gasteiger partial charge on any atom is 0.326 e. The van der Waals surface area contributed by atoms with Crippen molar-refractivity contribution in [2.24, 2.45) is 5.92 Å². The van der Waals surface area contributed by atoms with Crippen molar-refractivity contribution in [3.8, 4) is 0 Å².